The molecule has 3 unspecified atom stereocenters. The highest BCUT2D eigenvalue weighted by Gasteiger charge is 2.32. The zero-order valence-corrected chi connectivity index (χ0v) is 18.4. The summed E-state index contributed by atoms with van der Waals surface area (Å²) in [5.41, 5.74) is 1.32. The van der Waals surface area contributed by atoms with E-state index < -0.39 is 5.97 Å². The number of aliphatic hydroxyl groups is 1. The summed E-state index contributed by atoms with van der Waals surface area (Å²) in [6.07, 6.45) is 5.99. The van der Waals surface area contributed by atoms with Crippen LogP contribution in [0.5, 0.6) is 0 Å². The van der Waals surface area contributed by atoms with Crippen molar-refractivity contribution in [2.75, 3.05) is 17.5 Å². The number of carbonyl (C=O) groups excluding carboxylic acids is 1. The molecule has 0 amide bonds. The van der Waals surface area contributed by atoms with Crippen LogP contribution >= 0.6 is 22.6 Å². The van der Waals surface area contributed by atoms with Crippen molar-refractivity contribution in [1.29, 1.82) is 0 Å². The molecular formula is C22H30INO4. The number of rotatable bonds is 12. The number of carbonyl (C=O) groups is 2. The molecule has 6 heteroatoms. The zero-order chi connectivity index (χ0) is 20.5. The van der Waals surface area contributed by atoms with Crippen LogP contribution in [0, 0.1) is 5.92 Å². The highest BCUT2D eigenvalue weighted by Crippen LogP contribution is 2.22. The van der Waals surface area contributed by atoms with Crippen molar-refractivity contribution < 1.29 is 19.8 Å². The number of benzene rings is 1. The minimum Gasteiger partial charge on any atom is -0.478 e. The van der Waals surface area contributed by atoms with Crippen molar-refractivity contribution in [2.45, 2.75) is 50.7 Å². The SMILES string of the molecule is C=CCC(CI)CC(O)CCN1CCC(=O)C1CCc1ccc(C(=O)O)cc1. The van der Waals surface area contributed by atoms with E-state index in [2.05, 4.69) is 34.1 Å². The first-order valence-corrected chi connectivity index (χ1v) is 11.4. The molecule has 1 aliphatic rings. The summed E-state index contributed by atoms with van der Waals surface area (Å²) in [7, 11) is 0. The summed E-state index contributed by atoms with van der Waals surface area (Å²) >= 11 is 2.35. The topological polar surface area (TPSA) is 77.8 Å². The summed E-state index contributed by atoms with van der Waals surface area (Å²) in [6, 6.07) is 6.76. The van der Waals surface area contributed by atoms with Gasteiger partial charge in [0, 0.05) is 23.9 Å². The van der Waals surface area contributed by atoms with Gasteiger partial charge in [0.2, 0.25) is 0 Å². The van der Waals surface area contributed by atoms with Crippen LogP contribution < -0.4 is 0 Å². The van der Waals surface area contributed by atoms with Crippen LogP contribution in [0.15, 0.2) is 36.9 Å². The molecule has 5 nitrogen and oxygen atoms in total. The number of halogens is 1. The van der Waals surface area contributed by atoms with Crippen molar-refractivity contribution in [2.24, 2.45) is 5.92 Å². The van der Waals surface area contributed by atoms with Gasteiger partial charge in [-0.3, -0.25) is 9.69 Å². The largest absolute Gasteiger partial charge is 0.478 e. The fraction of sp³-hybridized carbons (Fsp3) is 0.545. The molecular weight excluding hydrogens is 469 g/mol. The Hall–Kier alpha value is -1.25. The maximum absolute atomic E-state index is 12.3. The van der Waals surface area contributed by atoms with Crippen molar-refractivity contribution in [3.8, 4) is 0 Å². The molecule has 1 heterocycles. The van der Waals surface area contributed by atoms with Crippen LogP contribution in [0.2, 0.25) is 0 Å². The lowest BCUT2D eigenvalue weighted by Gasteiger charge is -2.25. The van der Waals surface area contributed by atoms with Crippen molar-refractivity contribution in [3.05, 3.63) is 48.0 Å². The molecule has 0 radical (unpaired) electrons. The predicted molar refractivity (Wildman–Crippen MR) is 119 cm³/mol. The van der Waals surface area contributed by atoms with Gasteiger partial charge in [0.1, 0.15) is 0 Å². The molecule has 154 valence electrons. The van der Waals surface area contributed by atoms with Gasteiger partial charge >= 0.3 is 5.97 Å². The molecule has 1 aromatic rings. The van der Waals surface area contributed by atoms with Crippen LogP contribution in [-0.4, -0.2) is 56.5 Å². The first kappa shape index (κ1) is 23.0. The summed E-state index contributed by atoms with van der Waals surface area (Å²) in [4.78, 5) is 25.4. The number of aromatic carboxylic acids is 1. The molecule has 1 fully saturated rings. The lowest BCUT2D eigenvalue weighted by atomic mass is 9.98. The van der Waals surface area contributed by atoms with Crippen molar-refractivity contribution in [1.82, 2.24) is 4.90 Å². The minimum absolute atomic E-state index is 0.0973. The molecule has 1 aromatic carbocycles. The third-order valence-electron chi connectivity index (χ3n) is 5.44. The second kappa shape index (κ2) is 11.7. The van der Waals surface area contributed by atoms with E-state index in [0.717, 1.165) is 48.8 Å². The van der Waals surface area contributed by atoms with Crippen molar-refractivity contribution >= 4 is 34.3 Å². The average molecular weight is 499 g/mol. The third kappa shape index (κ3) is 6.97. The van der Waals surface area contributed by atoms with Gasteiger partial charge in [-0.25, -0.2) is 4.79 Å². The van der Waals surface area contributed by atoms with Gasteiger partial charge < -0.3 is 10.2 Å². The molecule has 0 bridgehead atoms. The third-order valence-corrected chi connectivity index (χ3v) is 6.68. The van der Waals surface area contributed by atoms with Gasteiger partial charge in [-0.2, -0.15) is 0 Å². The number of hydrogen-bond donors (Lipinski definition) is 2. The van der Waals surface area contributed by atoms with Crippen LogP contribution in [-0.2, 0) is 11.2 Å². The Kier molecular flexibility index (Phi) is 9.61. The molecule has 0 saturated carbocycles. The van der Waals surface area contributed by atoms with E-state index in [1.165, 1.54) is 0 Å². The molecule has 1 aliphatic heterocycles. The molecule has 2 N–H and O–H groups in total. The van der Waals surface area contributed by atoms with Gasteiger partial charge in [-0.1, -0.05) is 40.8 Å². The van der Waals surface area contributed by atoms with Crippen LogP contribution in [0.3, 0.4) is 0 Å². The molecule has 0 spiro atoms. The van der Waals surface area contributed by atoms with Crippen LogP contribution in [0.25, 0.3) is 0 Å². The number of allylic oxidation sites excluding steroid dienone is 1. The molecule has 2 rings (SSSR count). The number of aliphatic hydroxyl groups excluding tert-OH is 1. The van der Waals surface area contributed by atoms with Crippen LogP contribution in [0.1, 0.15) is 48.0 Å². The zero-order valence-electron chi connectivity index (χ0n) is 16.2. The molecule has 0 aromatic heterocycles. The van der Waals surface area contributed by atoms with E-state index in [4.69, 9.17) is 5.11 Å². The molecule has 0 aliphatic carbocycles. The van der Waals surface area contributed by atoms with Crippen LogP contribution in [0.4, 0.5) is 0 Å². The van der Waals surface area contributed by atoms with E-state index in [1.54, 1.807) is 12.1 Å². The Bertz CT molecular complexity index is 661. The van der Waals surface area contributed by atoms with E-state index in [-0.39, 0.29) is 23.5 Å². The highest BCUT2D eigenvalue weighted by molar-refractivity contribution is 14.1. The Morgan fingerprint density at radius 1 is 1.36 bits per heavy atom. The van der Waals surface area contributed by atoms with Gasteiger partial charge in [-0.15, -0.1) is 6.58 Å². The second-order valence-electron chi connectivity index (χ2n) is 7.53. The van der Waals surface area contributed by atoms with E-state index in [1.807, 2.05) is 18.2 Å². The number of carboxylic acids is 1. The molecule has 1 saturated heterocycles. The van der Waals surface area contributed by atoms with Gasteiger partial charge in [0.15, 0.2) is 5.78 Å². The number of hydrogen-bond acceptors (Lipinski definition) is 4. The average Bonchev–Trinajstić information content (AvgIpc) is 3.04. The predicted octanol–water partition coefficient (Wildman–Crippen LogP) is 3.73. The number of alkyl halides is 1. The monoisotopic (exact) mass is 499 g/mol. The molecule has 28 heavy (non-hydrogen) atoms. The summed E-state index contributed by atoms with van der Waals surface area (Å²) < 4.78 is 1.01. The van der Waals surface area contributed by atoms with Crippen molar-refractivity contribution in [3.63, 3.8) is 0 Å². The molecule has 3 atom stereocenters. The number of likely N-dealkylation sites (tertiary alicyclic amines) is 1. The Labute approximate surface area is 181 Å². The number of aryl methyl sites for hydroxylation is 1. The fourth-order valence-corrected chi connectivity index (χ4v) is 4.50. The minimum atomic E-state index is -0.930. The summed E-state index contributed by atoms with van der Waals surface area (Å²) in [5.74, 6) is -0.202. The standard InChI is InChI=1S/C22H30INO4/c1-2-3-17(15-23)14-19(25)10-12-24-13-11-21(26)20(24)9-6-16-4-7-18(8-5-16)22(27)28/h2,4-5,7-8,17,19-20,25H,1,3,6,9-15H2,(H,27,28). The quantitative estimate of drug-likeness (QED) is 0.261. The Balaban J connectivity index is 1.83. The normalized spacial score (nSPS) is 19.5. The van der Waals surface area contributed by atoms with Gasteiger partial charge in [-0.05, 0) is 55.7 Å². The first-order valence-electron chi connectivity index (χ1n) is 9.88. The van der Waals surface area contributed by atoms with E-state index >= 15 is 0 Å². The number of ketones is 1. The second-order valence-corrected chi connectivity index (χ2v) is 8.41. The first-order chi connectivity index (χ1) is 13.4. The van der Waals surface area contributed by atoms with E-state index in [9.17, 15) is 14.7 Å². The lowest BCUT2D eigenvalue weighted by molar-refractivity contribution is -0.120. The Morgan fingerprint density at radius 3 is 2.68 bits per heavy atom. The lowest BCUT2D eigenvalue weighted by Crippen LogP contribution is -2.35. The van der Waals surface area contributed by atoms with Gasteiger partial charge in [0.05, 0.1) is 17.7 Å². The van der Waals surface area contributed by atoms with E-state index in [0.29, 0.717) is 18.8 Å². The maximum Gasteiger partial charge on any atom is 0.335 e. The van der Waals surface area contributed by atoms with Gasteiger partial charge in [0.25, 0.3) is 0 Å². The summed E-state index contributed by atoms with van der Waals surface area (Å²) in [5, 5.41) is 19.3. The smallest absolute Gasteiger partial charge is 0.335 e. The number of Topliss-reactive ketones (excluding diaryl/α,β-unsaturated/α-hetero) is 1. The fourth-order valence-electron chi connectivity index (χ4n) is 3.78. The highest BCUT2D eigenvalue weighted by atomic mass is 127. The Morgan fingerprint density at radius 2 is 2.07 bits per heavy atom. The maximum atomic E-state index is 12.3. The summed E-state index contributed by atoms with van der Waals surface area (Å²) in [6.45, 7) is 5.28. The number of carboxylic acid groups (broad SMARTS) is 1. The number of nitrogens with zero attached hydrogens (tertiary/aromatic N) is 1.